The Kier molecular flexibility index (Phi) is 6.14. The van der Waals surface area contributed by atoms with Gasteiger partial charge in [-0.1, -0.05) is 47.2 Å². The second kappa shape index (κ2) is 8.59. The molecule has 0 bridgehead atoms. The molecular formula is C20H19ClN4O3S. The molecule has 2 N–H and O–H groups in total. The molecule has 7 nitrogen and oxygen atoms in total. The molecule has 0 spiro atoms. The van der Waals surface area contributed by atoms with E-state index in [1.807, 2.05) is 12.1 Å². The molecule has 29 heavy (non-hydrogen) atoms. The van der Waals surface area contributed by atoms with E-state index in [0.717, 1.165) is 5.56 Å². The van der Waals surface area contributed by atoms with Gasteiger partial charge in [0.25, 0.3) is 11.8 Å². The van der Waals surface area contributed by atoms with E-state index in [2.05, 4.69) is 20.8 Å². The molecule has 150 valence electrons. The van der Waals surface area contributed by atoms with Gasteiger partial charge in [0.05, 0.1) is 12.7 Å². The molecule has 2 amide bonds. The van der Waals surface area contributed by atoms with Crippen LogP contribution in [0.3, 0.4) is 0 Å². The van der Waals surface area contributed by atoms with Crippen molar-refractivity contribution in [2.24, 2.45) is 0 Å². The van der Waals surface area contributed by atoms with Crippen molar-refractivity contribution < 1.29 is 14.3 Å². The van der Waals surface area contributed by atoms with Crippen LogP contribution >= 0.6 is 22.9 Å². The van der Waals surface area contributed by atoms with Gasteiger partial charge >= 0.3 is 0 Å². The lowest BCUT2D eigenvalue weighted by Gasteiger charge is -2.24. The Morgan fingerprint density at radius 3 is 2.45 bits per heavy atom. The van der Waals surface area contributed by atoms with E-state index < -0.39 is 17.4 Å². The second-order valence-corrected chi connectivity index (χ2v) is 8.07. The number of halogens is 1. The van der Waals surface area contributed by atoms with Crippen LogP contribution in [0.4, 0.5) is 5.13 Å². The number of carbonyl (C=O) groups excluding carboxylic acids is 2. The van der Waals surface area contributed by atoms with E-state index in [0.29, 0.717) is 26.5 Å². The molecule has 0 unspecified atom stereocenters. The average molecular weight is 431 g/mol. The first-order chi connectivity index (χ1) is 13.8. The van der Waals surface area contributed by atoms with Gasteiger partial charge in [-0.3, -0.25) is 14.9 Å². The van der Waals surface area contributed by atoms with E-state index in [1.165, 1.54) is 18.4 Å². The number of hydrogen-bond donors (Lipinski definition) is 2. The smallest absolute Gasteiger partial charge is 0.255 e. The van der Waals surface area contributed by atoms with Gasteiger partial charge in [-0.05, 0) is 38.1 Å². The van der Waals surface area contributed by atoms with Gasteiger partial charge in [0.2, 0.25) is 5.13 Å². The summed E-state index contributed by atoms with van der Waals surface area (Å²) in [6.07, 6.45) is 0. The van der Waals surface area contributed by atoms with Crippen molar-refractivity contribution in [3.63, 3.8) is 0 Å². The zero-order valence-corrected chi connectivity index (χ0v) is 17.6. The molecule has 0 saturated carbocycles. The van der Waals surface area contributed by atoms with Crippen molar-refractivity contribution in [3.8, 4) is 16.3 Å². The number of ether oxygens (including phenoxy) is 1. The Labute approximate surface area is 177 Å². The summed E-state index contributed by atoms with van der Waals surface area (Å²) >= 11 is 7.12. The normalized spacial score (nSPS) is 11.0. The molecule has 1 heterocycles. The molecule has 0 fully saturated rings. The van der Waals surface area contributed by atoms with Crippen LogP contribution in [0.2, 0.25) is 5.02 Å². The molecule has 0 radical (unpaired) electrons. The summed E-state index contributed by atoms with van der Waals surface area (Å²) in [6, 6.07) is 14.0. The summed E-state index contributed by atoms with van der Waals surface area (Å²) in [4.78, 5) is 25.3. The molecule has 2 aromatic carbocycles. The lowest BCUT2D eigenvalue weighted by atomic mass is 10.0. The number of hydrogen-bond acceptors (Lipinski definition) is 6. The highest BCUT2D eigenvalue weighted by Gasteiger charge is 2.31. The maximum absolute atomic E-state index is 12.7. The van der Waals surface area contributed by atoms with Gasteiger partial charge in [-0.15, -0.1) is 10.2 Å². The third-order valence-corrected chi connectivity index (χ3v) is 5.22. The Morgan fingerprint density at radius 2 is 1.76 bits per heavy atom. The van der Waals surface area contributed by atoms with Gasteiger partial charge in [0, 0.05) is 10.6 Å². The molecule has 1 aromatic heterocycles. The molecule has 0 aliphatic carbocycles. The van der Waals surface area contributed by atoms with E-state index in [9.17, 15) is 9.59 Å². The molecule has 0 atom stereocenters. The number of anilines is 1. The highest BCUT2D eigenvalue weighted by atomic mass is 35.5. The summed E-state index contributed by atoms with van der Waals surface area (Å²) < 4.78 is 5.20. The number of benzene rings is 2. The van der Waals surface area contributed by atoms with Crippen molar-refractivity contribution in [3.05, 3.63) is 59.1 Å². The molecule has 3 aromatic rings. The van der Waals surface area contributed by atoms with E-state index in [-0.39, 0.29) is 0 Å². The zero-order chi connectivity index (χ0) is 21.0. The van der Waals surface area contributed by atoms with Gasteiger partial charge in [-0.2, -0.15) is 0 Å². The number of amides is 2. The number of aromatic nitrogens is 2. The number of para-hydroxylation sites is 1. The predicted octanol–water partition coefficient (Wildman–Crippen LogP) is 4.01. The molecule has 9 heteroatoms. The van der Waals surface area contributed by atoms with Gasteiger partial charge in [0.15, 0.2) is 0 Å². The first-order valence-corrected chi connectivity index (χ1v) is 9.86. The minimum Gasteiger partial charge on any atom is -0.496 e. The predicted molar refractivity (Wildman–Crippen MR) is 114 cm³/mol. The Hall–Kier alpha value is -2.97. The van der Waals surface area contributed by atoms with Gasteiger partial charge in [-0.25, -0.2) is 0 Å². The minimum absolute atomic E-state index is 0.333. The van der Waals surface area contributed by atoms with E-state index >= 15 is 0 Å². The van der Waals surface area contributed by atoms with E-state index in [1.54, 1.807) is 50.2 Å². The first kappa shape index (κ1) is 20.8. The van der Waals surface area contributed by atoms with Crippen LogP contribution in [-0.2, 0) is 4.79 Å². The SMILES string of the molecule is COc1ccccc1C(=O)NC(C)(C)C(=O)Nc1nnc(-c2ccc(Cl)cc2)s1. The van der Waals surface area contributed by atoms with E-state index in [4.69, 9.17) is 16.3 Å². The van der Waals surface area contributed by atoms with Crippen molar-refractivity contribution in [1.82, 2.24) is 15.5 Å². The lowest BCUT2D eigenvalue weighted by Crippen LogP contribution is -2.52. The van der Waals surface area contributed by atoms with Gasteiger partial charge in [0.1, 0.15) is 16.3 Å². The van der Waals surface area contributed by atoms with Crippen LogP contribution < -0.4 is 15.4 Å². The average Bonchev–Trinajstić information content (AvgIpc) is 3.16. The Balaban J connectivity index is 1.69. The number of nitrogens with zero attached hydrogens (tertiary/aromatic N) is 2. The Bertz CT molecular complexity index is 1030. The minimum atomic E-state index is -1.19. The van der Waals surface area contributed by atoms with Crippen molar-refractivity contribution >= 4 is 39.9 Å². The lowest BCUT2D eigenvalue weighted by molar-refractivity contribution is -0.120. The fraction of sp³-hybridized carbons (Fsp3) is 0.200. The molecule has 0 saturated heterocycles. The monoisotopic (exact) mass is 430 g/mol. The van der Waals surface area contributed by atoms with Crippen LogP contribution in [0.5, 0.6) is 5.75 Å². The first-order valence-electron chi connectivity index (χ1n) is 8.66. The summed E-state index contributed by atoms with van der Waals surface area (Å²) in [5.41, 5.74) is -0.00252. The number of nitrogens with one attached hydrogen (secondary N) is 2. The fourth-order valence-electron chi connectivity index (χ4n) is 2.48. The summed E-state index contributed by atoms with van der Waals surface area (Å²) in [7, 11) is 1.48. The van der Waals surface area contributed by atoms with Crippen LogP contribution in [-0.4, -0.2) is 34.7 Å². The number of carbonyl (C=O) groups is 2. The number of rotatable bonds is 6. The molecular weight excluding hydrogens is 412 g/mol. The molecule has 0 aliphatic heterocycles. The van der Waals surface area contributed by atoms with Crippen LogP contribution in [0.1, 0.15) is 24.2 Å². The highest BCUT2D eigenvalue weighted by molar-refractivity contribution is 7.18. The third-order valence-electron chi connectivity index (χ3n) is 4.08. The molecule has 0 aliphatic rings. The van der Waals surface area contributed by atoms with Crippen LogP contribution in [0.15, 0.2) is 48.5 Å². The van der Waals surface area contributed by atoms with Crippen molar-refractivity contribution in [2.75, 3.05) is 12.4 Å². The fourth-order valence-corrected chi connectivity index (χ4v) is 3.35. The summed E-state index contributed by atoms with van der Waals surface area (Å²) in [5, 5.41) is 15.1. The standard InChI is InChI=1S/C20H19ClN4O3S/c1-20(2,23-16(26)14-6-4-5-7-15(14)28-3)18(27)22-19-25-24-17(29-19)12-8-10-13(21)11-9-12/h4-11H,1-3H3,(H,23,26)(H,22,25,27). The largest absolute Gasteiger partial charge is 0.496 e. The van der Waals surface area contributed by atoms with Gasteiger partial charge < -0.3 is 10.1 Å². The summed E-state index contributed by atoms with van der Waals surface area (Å²) in [5.74, 6) is -0.404. The maximum atomic E-state index is 12.7. The van der Waals surface area contributed by atoms with Crippen LogP contribution in [0.25, 0.3) is 10.6 Å². The third kappa shape index (κ3) is 4.90. The quantitative estimate of drug-likeness (QED) is 0.616. The second-order valence-electron chi connectivity index (χ2n) is 6.65. The zero-order valence-electron chi connectivity index (χ0n) is 16.0. The highest BCUT2D eigenvalue weighted by Crippen LogP contribution is 2.28. The van der Waals surface area contributed by atoms with Crippen LogP contribution in [0, 0.1) is 0 Å². The molecule has 3 rings (SSSR count). The summed E-state index contributed by atoms with van der Waals surface area (Å²) in [6.45, 7) is 3.22. The van der Waals surface area contributed by atoms with Crippen molar-refractivity contribution in [1.29, 1.82) is 0 Å². The topological polar surface area (TPSA) is 93.2 Å². The maximum Gasteiger partial charge on any atom is 0.255 e. The number of methoxy groups -OCH3 is 1. The van der Waals surface area contributed by atoms with Crippen molar-refractivity contribution in [2.45, 2.75) is 19.4 Å². The Morgan fingerprint density at radius 1 is 1.07 bits per heavy atom.